The van der Waals surface area contributed by atoms with Gasteiger partial charge in [-0.25, -0.2) is 4.98 Å². The second kappa shape index (κ2) is 12.8. The Morgan fingerprint density at radius 3 is 1.30 bits per heavy atom. The molecule has 2 nitrogen and oxygen atoms in total. The SMILES string of the molecule is c1ccc(-c2ccc(-c3cc(-c4ccc(-c5ccccc5)cc4)c4cc(-c5ccc(-c6cccnc6)cc5)c5ccccc5c4n3)cc2)cc1. The maximum atomic E-state index is 5.41. The summed E-state index contributed by atoms with van der Waals surface area (Å²) >= 11 is 0. The Hall–Kier alpha value is -6.64. The molecule has 7 aromatic carbocycles. The Labute approximate surface area is 292 Å². The number of hydrogen-bond acceptors (Lipinski definition) is 2. The van der Waals surface area contributed by atoms with Crippen LogP contribution in [0.2, 0.25) is 0 Å². The number of benzene rings is 7. The van der Waals surface area contributed by atoms with E-state index in [1.54, 1.807) is 0 Å². The van der Waals surface area contributed by atoms with Gasteiger partial charge in [0.25, 0.3) is 0 Å². The smallest absolute Gasteiger partial charge is 0.0794 e. The van der Waals surface area contributed by atoms with E-state index in [-0.39, 0.29) is 0 Å². The quantitative estimate of drug-likeness (QED) is 0.170. The van der Waals surface area contributed by atoms with E-state index in [1.165, 1.54) is 38.8 Å². The van der Waals surface area contributed by atoms with Crippen molar-refractivity contribution in [2.24, 2.45) is 0 Å². The number of pyridine rings is 2. The fraction of sp³-hybridized carbons (Fsp3) is 0. The van der Waals surface area contributed by atoms with Crippen molar-refractivity contribution in [1.29, 1.82) is 0 Å². The molecule has 0 aliphatic heterocycles. The zero-order valence-electron chi connectivity index (χ0n) is 27.4. The molecular formula is C48H32N2. The van der Waals surface area contributed by atoms with Crippen LogP contribution >= 0.6 is 0 Å². The van der Waals surface area contributed by atoms with Crippen molar-refractivity contribution in [3.63, 3.8) is 0 Å². The van der Waals surface area contributed by atoms with Gasteiger partial charge in [0.1, 0.15) is 0 Å². The molecule has 0 saturated carbocycles. The van der Waals surface area contributed by atoms with Crippen molar-refractivity contribution in [2.75, 3.05) is 0 Å². The third kappa shape index (κ3) is 5.53. The first-order chi connectivity index (χ1) is 24.8. The lowest BCUT2D eigenvalue weighted by Gasteiger charge is -2.16. The first kappa shape index (κ1) is 29.5. The minimum absolute atomic E-state index is 0.956. The lowest BCUT2D eigenvalue weighted by molar-refractivity contribution is 1.33. The summed E-state index contributed by atoms with van der Waals surface area (Å²) in [5, 5.41) is 3.46. The average Bonchev–Trinajstić information content (AvgIpc) is 3.21. The van der Waals surface area contributed by atoms with E-state index in [4.69, 9.17) is 4.98 Å². The molecular weight excluding hydrogens is 605 g/mol. The van der Waals surface area contributed by atoms with Gasteiger partial charge < -0.3 is 0 Å². The highest BCUT2D eigenvalue weighted by atomic mass is 14.7. The Bertz CT molecular complexity index is 2580. The molecule has 0 amide bonds. The fourth-order valence-electron chi connectivity index (χ4n) is 6.99. The van der Waals surface area contributed by atoms with Gasteiger partial charge >= 0.3 is 0 Å². The van der Waals surface area contributed by atoms with Crippen molar-refractivity contribution in [3.8, 4) is 66.9 Å². The number of aromatic nitrogens is 2. The van der Waals surface area contributed by atoms with E-state index in [0.717, 1.165) is 49.8 Å². The molecule has 2 heterocycles. The predicted molar refractivity (Wildman–Crippen MR) is 210 cm³/mol. The summed E-state index contributed by atoms with van der Waals surface area (Å²) in [6.45, 7) is 0. The molecule has 0 aliphatic carbocycles. The maximum absolute atomic E-state index is 5.41. The van der Waals surface area contributed by atoms with Crippen LogP contribution in [0.4, 0.5) is 0 Å². The molecule has 9 aromatic rings. The van der Waals surface area contributed by atoms with Crippen LogP contribution in [0.25, 0.3) is 88.6 Å². The van der Waals surface area contributed by atoms with E-state index in [1.807, 2.05) is 18.5 Å². The van der Waals surface area contributed by atoms with Gasteiger partial charge in [0.15, 0.2) is 0 Å². The molecule has 2 heteroatoms. The summed E-state index contributed by atoms with van der Waals surface area (Å²) in [5.74, 6) is 0. The predicted octanol–water partition coefficient (Wildman–Crippen LogP) is 12.8. The summed E-state index contributed by atoms with van der Waals surface area (Å²) in [5.41, 5.74) is 14.8. The minimum Gasteiger partial charge on any atom is -0.264 e. The van der Waals surface area contributed by atoms with Gasteiger partial charge in [-0.05, 0) is 79.2 Å². The molecule has 0 N–H and O–H groups in total. The summed E-state index contributed by atoms with van der Waals surface area (Å²) in [6.07, 6.45) is 3.72. The Morgan fingerprint density at radius 2 is 0.740 bits per heavy atom. The summed E-state index contributed by atoms with van der Waals surface area (Å²) in [7, 11) is 0. The zero-order valence-corrected chi connectivity index (χ0v) is 27.4. The molecule has 0 fully saturated rings. The largest absolute Gasteiger partial charge is 0.264 e. The summed E-state index contributed by atoms with van der Waals surface area (Å²) < 4.78 is 0. The maximum Gasteiger partial charge on any atom is 0.0794 e. The van der Waals surface area contributed by atoms with E-state index in [2.05, 4.69) is 181 Å². The van der Waals surface area contributed by atoms with Crippen molar-refractivity contribution in [1.82, 2.24) is 9.97 Å². The molecule has 0 bridgehead atoms. The lowest BCUT2D eigenvalue weighted by atomic mass is 9.90. The van der Waals surface area contributed by atoms with Gasteiger partial charge in [0.2, 0.25) is 0 Å². The van der Waals surface area contributed by atoms with E-state index in [9.17, 15) is 0 Å². The van der Waals surface area contributed by atoms with Crippen LogP contribution in [0, 0.1) is 0 Å². The molecule has 234 valence electrons. The molecule has 50 heavy (non-hydrogen) atoms. The first-order valence-corrected chi connectivity index (χ1v) is 17.0. The molecule has 0 atom stereocenters. The minimum atomic E-state index is 0.956. The summed E-state index contributed by atoms with van der Waals surface area (Å²) in [6, 6.07) is 65.0. The third-order valence-electron chi connectivity index (χ3n) is 9.60. The molecule has 9 rings (SSSR count). The van der Waals surface area contributed by atoms with Gasteiger partial charge in [-0.15, -0.1) is 0 Å². The van der Waals surface area contributed by atoms with Gasteiger partial charge in [-0.3, -0.25) is 4.98 Å². The highest BCUT2D eigenvalue weighted by Gasteiger charge is 2.16. The zero-order chi connectivity index (χ0) is 33.3. The van der Waals surface area contributed by atoms with Crippen LogP contribution in [-0.4, -0.2) is 9.97 Å². The summed E-state index contributed by atoms with van der Waals surface area (Å²) in [4.78, 5) is 9.73. The van der Waals surface area contributed by atoms with Crippen molar-refractivity contribution >= 4 is 21.7 Å². The van der Waals surface area contributed by atoms with Crippen LogP contribution in [0.15, 0.2) is 194 Å². The monoisotopic (exact) mass is 636 g/mol. The number of rotatable bonds is 6. The topological polar surface area (TPSA) is 25.8 Å². The van der Waals surface area contributed by atoms with Gasteiger partial charge in [-0.2, -0.15) is 0 Å². The van der Waals surface area contributed by atoms with Crippen LogP contribution in [0.1, 0.15) is 0 Å². The van der Waals surface area contributed by atoms with Crippen molar-refractivity contribution in [2.45, 2.75) is 0 Å². The highest BCUT2D eigenvalue weighted by Crippen LogP contribution is 2.41. The van der Waals surface area contributed by atoms with E-state index in [0.29, 0.717) is 0 Å². The Balaban J connectivity index is 1.24. The second-order valence-corrected chi connectivity index (χ2v) is 12.6. The molecule has 0 unspecified atom stereocenters. The van der Waals surface area contributed by atoms with Gasteiger partial charge in [0.05, 0.1) is 11.2 Å². The molecule has 0 spiro atoms. The van der Waals surface area contributed by atoms with Gasteiger partial charge in [0, 0.05) is 28.7 Å². The Morgan fingerprint density at radius 1 is 0.300 bits per heavy atom. The fourth-order valence-corrected chi connectivity index (χ4v) is 6.99. The average molecular weight is 637 g/mol. The van der Waals surface area contributed by atoms with Gasteiger partial charge in [-0.1, -0.05) is 164 Å². The normalized spacial score (nSPS) is 11.2. The molecule has 0 radical (unpaired) electrons. The third-order valence-corrected chi connectivity index (χ3v) is 9.60. The molecule has 0 aliphatic rings. The number of hydrogen-bond donors (Lipinski definition) is 0. The Kier molecular flexibility index (Phi) is 7.53. The lowest BCUT2D eigenvalue weighted by Crippen LogP contribution is -1.93. The van der Waals surface area contributed by atoms with Crippen molar-refractivity contribution in [3.05, 3.63) is 194 Å². The number of fused-ring (bicyclic) bond motifs is 3. The van der Waals surface area contributed by atoms with E-state index >= 15 is 0 Å². The molecule has 2 aromatic heterocycles. The first-order valence-electron chi connectivity index (χ1n) is 17.0. The van der Waals surface area contributed by atoms with Crippen LogP contribution < -0.4 is 0 Å². The molecule has 0 saturated heterocycles. The standard InChI is InChI=1S/C48H32N2/c1-3-10-33(11-4-1)35-17-23-39(24-18-35)45-31-47(40-27-21-36(22-28-40)34-12-5-2-6-13-34)50-48-43-16-8-7-15-42(43)44(30-46(45)48)38-25-19-37(20-26-38)41-14-9-29-49-32-41/h1-32H. The number of nitrogens with zero attached hydrogens (tertiary/aromatic N) is 2. The van der Waals surface area contributed by atoms with E-state index < -0.39 is 0 Å². The van der Waals surface area contributed by atoms with Crippen LogP contribution in [0.5, 0.6) is 0 Å². The highest BCUT2D eigenvalue weighted by molar-refractivity contribution is 6.16. The van der Waals surface area contributed by atoms with Crippen LogP contribution in [0.3, 0.4) is 0 Å². The van der Waals surface area contributed by atoms with Crippen LogP contribution in [-0.2, 0) is 0 Å². The van der Waals surface area contributed by atoms with Crippen molar-refractivity contribution < 1.29 is 0 Å². The second-order valence-electron chi connectivity index (χ2n) is 12.6.